The summed E-state index contributed by atoms with van der Waals surface area (Å²) in [5, 5.41) is 2.92. The van der Waals surface area contributed by atoms with Crippen LogP contribution in [0.3, 0.4) is 0 Å². The van der Waals surface area contributed by atoms with Gasteiger partial charge >= 0.3 is 12.0 Å². The van der Waals surface area contributed by atoms with Crippen molar-refractivity contribution in [1.82, 2.24) is 20.2 Å². The van der Waals surface area contributed by atoms with Crippen LogP contribution >= 0.6 is 0 Å². The molecule has 1 aromatic heterocycles. The molecule has 130 valence electrons. The van der Waals surface area contributed by atoms with Gasteiger partial charge in [-0.05, 0) is 18.8 Å². The van der Waals surface area contributed by atoms with E-state index in [1.165, 1.54) is 7.11 Å². The number of nitrogens with zero attached hydrogens (tertiary/aromatic N) is 3. The molecule has 2 heterocycles. The van der Waals surface area contributed by atoms with Crippen LogP contribution < -0.4 is 5.32 Å². The van der Waals surface area contributed by atoms with Gasteiger partial charge in [0.25, 0.3) is 0 Å². The van der Waals surface area contributed by atoms with Crippen LogP contribution in [-0.4, -0.2) is 53.6 Å². The lowest BCUT2D eigenvalue weighted by atomic mass is 9.68. The summed E-state index contributed by atoms with van der Waals surface area (Å²) >= 11 is 0. The Kier molecular flexibility index (Phi) is 4.97. The molecule has 1 saturated carbocycles. The predicted molar refractivity (Wildman–Crippen MR) is 87.1 cm³/mol. The summed E-state index contributed by atoms with van der Waals surface area (Å²) in [6.07, 6.45) is 9.54. The van der Waals surface area contributed by atoms with E-state index in [0.717, 1.165) is 31.4 Å². The number of fused-ring (bicyclic) bond motifs is 1. The monoisotopic (exact) mass is 332 g/mol. The van der Waals surface area contributed by atoms with E-state index >= 15 is 0 Å². The maximum absolute atomic E-state index is 12.5. The molecule has 2 fully saturated rings. The Morgan fingerprint density at radius 1 is 1.42 bits per heavy atom. The Bertz CT molecular complexity index is 595. The van der Waals surface area contributed by atoms with Gasteiger partial charge in [-0.25, -0.2) is 4.79 Å². The third-order valence-electron chi connectivity index (χ3n) is 5.27. The highest BCUT2D eigenvalue weighted by atomic mass is 16.5. The molecule has 2 amide bonds. The summed E-state index contributed by atoms with van der Waals surface area (Å²) in [7, 11) is 1.44. The number of amides is 2. The van der Waals surface area contributed by atoms with E-state index < -0.39 is 5.41 Å². The van der Waals surface area contributed by atoms with Gasteiger partial charge in [0.15, 0.2) is 0 Å². The van der Waals surface area contributed by atoms with Crippen molar-refractivity contribution in [3.8, 4) is 0 Å². The van der Waals surface area contributed by atoms with Gasteiger partial charge in [0, 0.05) is 44.6 Å². The van der Waals surface area contributed by atoms with E-state index in [0.29, 0.717) is 26.1 Å². The number of methoxy groups -OCH3 is 1. The third kappa shape index (κ3) is 3.20. The van der Waals surface area contributed by atoms with Crippen LogP contribution in [0.1, 0.15) is 31.4 Å². The van der Waals surface area contributed by atoms with Crippen molar-refractivity contribution < 1.29 is 14.3 Å². The van der Waals surface area contributed by atoms with Gasteiger partial charge in [0.2, 0.25) is 0 Å². The molecule has 1 aliphatic heterocycles. The second-order valence-electron chi connectivity index (χ2n) is 6.65. The van der Waals surface area contributed by atoms with Crippen molar-refractivity contribution in [2.45, 2.75) is 32.1 Å². The second-order valence-corrected chi connectivity index (χ2v) is 6.65. The molecular weight excluding hydrogens is 308 g/mol. The first kappa shape index (κ1) is 16.7. The molecule has 2 atom stereocenters. The van der Waals surface area contributed by atoms with E-state index in [2.05, 4.69) is 15.3 Å². The highest BCUT2D eigenvalue weighted by Gasteiger charge is 2.54. The SMILES string of the molecule is COC(=O)[C@@]12CCCC[C@@H]1CN(C(=O)NCCc1cnccn1)C2. The molecule has 0 unspecified atom stereocenters. The van der Waals surface area contributed by atoms with Gasteiger partial charge in [-0.15, -0.1) is 0 Å². The van der Waals surface area contributed by atoms with Gasteiger partial charge in [-0.3, -0.25) is 14.8 Å². The number of carbonyl (C=O) groups is 2. The maximum Gasteiger partial charge on any atom is 0.317 e. The highest BCUT2D eigenvalue weighted by Crippen LogP contribution is 2.47. The van der Waals surface area contributed by atoms with Crippen LogP contribution in [0.4, 0.5) is 4.79 Å². The van der Waals surface area contributed by atoms with Crippen LogP contribution in [0.25, 0.3) is 0 Å². The van der Waals surface area contributed by atoms with Crippen LogP contribution in [0, 0.1) is 11.3 Å². The summed E-state index contributed by atoms with van der Waals surface area (Å²) < 4.78 is 5.05. The van der Waals surface area contributed by atoms with E-state index in [9.17, 15) is 9.59 Å². The minimum Gasteiger partial charge on any atom is -0.469 e. The molecule has 0 aromatic carbocycles. The molecule has 1 aromatic rings. The average molecular weight is 332 g/mol. The summed E-state index contributed by atoms with van der Waals surface area (Å²) in [5.74, 6) is 0.0477. The lowest BCUT2D eigenvalue weighted by molar-refractivity contribution is -0.156. The van der Waals surface area contributed by atoms with E-state index in [-0.39, 0.29) is 17.9 Å². The van der Waals surface area contributed by atoms with Crippen LogP contribution in [0.15, 0.2) is 18.6 Å². The number of aromatic nitrogens is 2. The topological polar surface area (TPSA) is 84.4 Å². The molecular formula is C17H24N4O3. The van der Waals surface area contributed by atoms with Gasteiger partial charge < -0.3 is 15.0 Å². The molecule has 7 heteroatoms. The Morgan fingerprint density at radius 2 is 2.29 bits per heavy atom. The fourth-order valence-corrected chi connectivity index (χ4v) is 4.02. The molecule has 1 N–H and O–H groups in total. The van der Waals surface area contributed by atoms with Gasteiger partial charge in [-0.2, -0.15) is 0 Å². The molecule has 3 rings (SSSR count). The normalized spacial score (nSPS) is 25.9. The number of esters is 1. The van der Waals surface area contributed by atoms with E-state index in [1.807, 2.05) is 0 Å². The Balaban J connectivity index is 1.57. The molecule has 0 spiro atoms. The highest BCUT2D eigenvalue weighted by molar-refractivity contribution is 5.81. The summed E-state index contributed by atoms with van der Waals surface area (Å²) in [6, 6.07) is -0.114. The van der Waals surface area contributed by atoms with Crippen LogP contribution in [-0.2, 0) is 16.0 Å². The number of hydrogen-bond donors (Lipinski definition) is 1. The minimum absolute atomic E-state index is 0.114. The second kappa shape index (κ2) is 7.15. The van der Waals surface area contributed by atoms with Crippen molar-refractivity contribution in [2.24, 2.45) is 11.3 Å². The van der Waals surface area contributed by atoms with E-state index in [1.54, 1.807) is 23.5 Å². The van der Waals surface area contributed by atoms with Crippen molar-refractivity contribution in [1.29, 1.82) is 0 Å². The first-order valence-corrected chi connectivity index (χ1v) is 8.52. The smallest absolute Gasteiger partial charge is 0.317 e. The molecule has 1 saturated heterocycles. The van der Waals surface area contributed by atoms with Crippen molar-refractivity contribution in [3.63, 3.8) is 0 Å². The molecule has 24 heavy (non-hydrogen) atoms. The zero-order valence-corrected chi connectivity index (χ0v) is 14.0. The lowest BCUT2D eigenvalue weighted by Gasteiger charge is -2.35. The van der Waals surface area contributed by atoms with Crippen LogP contribution in [0.2, 0.25) is 0 Å². The first-order valence-electron chi connectivity index (χ1n) is 8.52. The lowest BCUT2D eigenvalue weighted by Crippen LogP contribution is -2.44. The van der Waals surface area contributed by atoms with E-state index in [4.69, 9.17) is 4.74 Å². The average Bonchev–Trinajstić information content (AvgIpc) is 3.03. The number of nitrogens with one attached hydrogen (secondary N) is 1. The number of rotatable bonds is 4. The first-order chi connectivity index (χ1) is 11.7. The van der Waals surface area contributed by atoms with Crippen LogP contribution in [0.5, 0.6) is 0 Å². The Hall–Kier alpha value is -2.18. The third-order valence-corrected chi connectivity index (χ3v) is 5.27. The number of hydrogen-bond acceptors (Lipinski definition) is 5. The summed E-state index contributed by atoms with van der Waals surface area (Å²) in [5.41, 5.74) is 0.342. The minimum atomic E-state index is -0.505. The number of ether oxygens (including phenoxy) is 1. The molecule has 7 nitrogen and oxygen atoms in total. The maximum atomic E-state index is 12.5. The Morgan fingerprint density at radius 3 is 3.04 bits per heavy atom. The largest absolute Gasteiger partial charge is 0.469 e. The Labute approximate surface area is 141 Å². The standard InChI is InChI=1S/C17H24N4O3/c1-24-15(22)17-6-3-2-4-13(17)11-21(12-17)16(23)20-7-5-14-10-18-8-9-19-14/h8-10,13H,2-7,11-12H2,1H3,(H,20,23)/t13-,17-/m1/s1. The summed E-state index contributed by atoms with van der Waals surface area (Å²) in [4.78, 5) is 34.8. The molecule has 1 aliphatic carbocycles. The zero-order valence-electron chi connectivity index (χ0n) is 14.0. The predicted octanol–water partition coefficient (Wildman–Crippen LogP) is 1.39. The fraction of sp³-hybridized carbons (Fsp3) is 0.647. The van der Waals surface area contributed by atoms with Crippen molar-refractivity contribution >= 4 is 12.0 Å². The summed E-state index contributed by atoms with van der Waals surface area (Å²) in [6.45, 7) is 1.59. The molecule has 0 bridgehead atoms. The van der Waals surface area contributed by atoms with Gasteiger partial charge in [0.1, 0.15) is 0 Å². The van der Waals surface area contributed by atoms with Gasteiger partial charge in [0.05, 0.1) is 18.2 Å². The molecule has 0 radical (unpaired) electrons. The van der Waals surface area contributed by atoms with Crippen molar-refractivity contribution in [2.75, 3.05) is 26.7 Å². The van der Waals surface area contributed by atoms with Gasteiger partial charge in [-0.1, -0.05) is 12.8 Å². The number of urea groups is 1. The quantitative estimate of drug-likeness (QED) is 0.843. The fourth-order valence-electron chi connectivity index (χ4n) is 4.02. The zero-order chi connectivity index (χ0) is 17.0. The number of likely N-dealkylation sites (tertiary alicyclic amines) is 1. The molecule has 2 aliphatic rings. The van der Waals surface area contributed by atoms with Crippen molar-refractivity contribution in [3.05, 3.63) is 24.3 Å². The number of carbonyl (C=O) groups excluding carboxylic acids is 2.